The molecule has 0 aliphatic heterocycles. The molecule has 12 unspecified atom stereocenters. The minimum atomic E-state index is 0.653. The Kier molecular flexibility index (Phi) is 32.5. The Bertz CT molecular complexity index is 1190. The van der Waals surface area contributed by atoms with Crippen LogP contribution in [0.4, 0.5) is 0 Å². The van der Waals surface area contributed by atoms with E-state index in [9.17, 15) is 0 Å². The molecule has 0 aromatic heterocycles. The summed E-state index contributed by atoms with van der Waals surface area (Å²) in [5, 5.41) is 0. The fourth-order valence-corrected chi connectivity index (χ4v) is 15.6. The molecule has 72 heavy (non-hydrogen) atoms. The van der Waals surface area contributed by atoms with Crippen molar-refractivity contribution in [2.75, 3.05) is 0 Å². The molecular weight excluding hydrogens is 865 g/mol. The Morgan fingerprint density at radius 1 is 0.292 bits per heavy atom. The molecule has 0 amide bonds. The van der Waals surface area contributed by atoms with Crippen LogP contribution in [-0.4, -0.2) is 0 Å². The minimum Gasteiger partial charge on any atom is -0.0651 e. The van der Waals surface area contributed by atoms with Crippen molar-refractivity contribution in [1.29, 1.82) is 0 Å². The van der Waals surface area contributed by atoms with Gasteiger partial charge in [0.2, 0.25) is 0 Å². The molecule has 0 aromatic rings. The first-order chi connectivity index (χ1) is 33.1. The van der Waals surface area contributed by atoms with E-state index in [1.807, 2.05) is 0 Å². The molecule has 0 bridgehead atoms. The molecule has 0 saturated heterocycles. The zero-order valence-electron chi connectivity index (χ0n) is 55.5. The van der Waals surface area contributed by atoms with Crippen LogP contribution in [0.3, 0.4) is 0 Å². The third kappa shape index (κ3) is 26.1. The van der Waals surface area contributed by atoms with Crippen LogP contribution in [0.2, 0.25) is 0 Å². The maximum atomic E-state index is 2.39. The molecule has 432 valence electrons. The predicted molar refractivity (Wildman–Crippen MR) is 331 cm³/mol. The summed E-state index contributed by atoms with van der Waals surface area (Å²) in [4.78, 5) is 0. The van der Waals surface area contributed by atoms with Crippen molar-refractivity contribution in [3.63, 3.8) is 0 Å². The van der Waals surface area contributed by atoms with Gasteiger partial charge in [-0.2, -0.15) is 0 Å². The van der Waals surface area contributed by atoms with Gasteiger partial charge in [0.1, 0.15) is 0 Å². The van der Waals surface area contributed by atoms with Crippen LogP contribution in [0.5, 0.6) is 0 Å². The Morgan fingerprint density at radius 3 is 0.708 bits per heavy atom. The molecule has 0 nitrogen and oxygen atoms in total. The molecule has 0 heteroatoms. The van der Waals surface area contributed by atoms with Crippen LogP contribution in [-0.2, 0) is 0 Å². The Balaban J connectivity index is 0.000000405. The maximum absolute atomic E-state index is 2.39. The average molecular weight is 1010 g/mol. The van der Waals surface area contributed by atoms with Crippen LogP contribution in [0.25, 0.3) is 0 Å². The summed E-state index contributed by atoms with van der Waals surface area (Å²) in [6, 6.07) is 0. The van der Waals surface area contributed by atoms with Gasteiger partial charge in [0.05, 0.1) is 0 Å². The largest absolute Gasteiger partial charge is 0.0651 e. The fraction of sp³-hybridized carbons (Fsp3) is 1.00. The highest BCUT2D eigenvalue weighted by molar-refractivity contribution is 4.87. The van der Waals surface area contributed by atoms with Crippen LogP contribution in [0.1, 0.15) is 322 Å². The molecule has 9 saturated carbocycles. The summed E-state index contributed by atoms with van der Waals surface area (Å²) < 4.78 is 0. The van der Waals surface area contributed by atoms with Gasteiger partial charge in [0.25, 0.3) is 0 Å². The van der Waals surface area contributed by atoms with Crippen LogP contribution >= 0.6 is 0 Å². The van der Waals surface area contributed by atoms with Crippen LogP contribution in [0, 0.1) is 141 Å². The molecule has 0 N–H and O–H groups in total. The van der Waals surface area contributed by atoms with Gasteiger partial charge in [0, 0.05) is 0 Å². The standard InChI is InChI=1S/9C8H16/c2*1-6-4-7(2)8(3)5-6;2*1-7-4-5-8(2,3)6-7;1-7-5-4-6-8(7,2)3;2*1-6-4-5-7(2)8(6)3;1-5-6(2)8(4)7(5)3;1-3-8-6-4-5-7(8)2/h2*6-8H,4-5H2,1-3H3;3*7H,4-6H2,1-3H3;2*6-8H,4-5H2,1-3H3;5-8H,1-4H3;7-8H,3-6H2,1-2H3/t6?,7-,8?;;7-;;;;;;/m0.0....../s1. The van der Waals surface area contributed by atoms with Gasteiger partial charge in [0.15, 0.2) is 0 Å². The quantitative estimate of drug-likeness (QED) is 0.246. The average Bonchev–Trinajstić information content (AvgIpc) is 4.21. The van der Waals surface area contributed by atoms with Gasteiger partial charge in [-0.05, 0) is 198 Å². The SMILES string of the molecule is CC1C(C)C(C)C1C.CC1CC(C)C(C)C1.CC1CC(C)[C@@H](C)C1.CC1CCC(C)(C)C1.CC1CCC(C)C1C.CC1CCC(C)C1C.CC1CCCC1(C)C.CCC1CCCC1C.C[C@H]1CCC(C)(C)C1. The lowest BCUT2D eigenvalue weighted by atomic mass is 9.60. The van der Waals surface area contributed by atoms with Crippen molar-refractivity contribution in [3.05, 3.63) is 0 Å². The van der Waals surface area contributed by atoms with Gasteiger partial charge < -0.3 is 0 Å². The van der Waals surface area contributed by atoms with E-state index in [1.54, 1.807) is 0 Å². The molecular formula is C72H144. The van der Waals surface area contributed by atoms with Gasteiger partial charge in [-0.15, -0.1) is 0 Å². The van der Waals surface area contributed by atoms with E-state index in [1.165, 1.54) is 135 Å². The Hall–Kier alpha value is 0. The first kappa shape index (κ1) is 70.0. The van der Waals surface area contributed by atoms with Crippen molar-refractivity contribution in [3.8, 4) is 0 Å². The number of rotatable bonds is 1. The summed E-state index contributed by atoms with van der Waals surface area (Å²) in [6.07, 6.45) is 30.6. The summed E-state index contributed by atoms with van der Waals surface area (Å²) in [6.45, 7) is 63.9. The van der Waals surface area contributed by atoms with Gasteiger partial charge in [-0.1, -0.05) is 264 Å². The third-order valence-electron chi connectivity index (χ3n) is 23.9. The van der Waals surface area contributed by atoms with E-state index < -0.39 is 0 Å². The van der Waals surface area contributed by atoms with Crippen molar-refractivity contribution < 1.29 is 0 Å². The summed E-state index contributed by atoms with van der Waals surface area (Å²) in [5.41, 5.74) is 1.98. The van der Waals surface area contributed by atoms with E-state index >= 15 is 0 Å². The molecule has 0 heterocycles. The van der Waals surface area contributed by atoms with Crippen molar-refractivity contribution in [2.24, 2.45) is 141 Å². The molecule has 14 atom stereocenters. The molecule has 0 radical (unpaired) electrons. The number of hydrogen-bond acceptors (Lipinski definition) is 0. The normalized spacial score (nSPS) is 43.5. The minimum absolute atomic E-state index is 0.653. The lowest BCUT2D eigenvalue weighted by Gasteiger charge is -2.45. The Morgan fingerprint density at radius 2 is 0.611 bits per heavy atom. The third-order valence-corrected chi connectivity index (χ3v) is 23.9. The van der Waals surface area contributed by atoms with Crippen molar-refractivity contribution >= 4 is 0 Å². The highest BCUT2D eigenvalue weighted by Crippen LogP contribution is 2.45. The fourth-order valence-electron chi connectivity index (χ4n) is 15.6. The zero-order chi connectivity index (χ0) is 55.5. The smallest absolute Gasteiger partial charge is 0.0329 e. The van der Waals surface area contributed by atoms with E-state index in [0.29, 0.717) is 16.2 Å². The van der Waals surface area contributed by atoms with Crippen molar-refractivity contribution in [2.45, 2.75) is 322 Å². The van der Waals surface area contributed by atoms with Gasteiger partial charge in [-0.25, -0.2) is 0 Å². The van der Waals surface area contributed by atoms with Crippen LogP contribution < -0.4 is 0 Å². The molecule has 9 fully saturated rings. The topological polar surface area (TPSA) is 0 Å². The van der Waals surface area contributed by atoms with E-state index in [0.717, 1.165) is 124 Å². The maximum Gasteiger partial charge on any atom is -0.0329 e. The Labute approximate surface area is 460 Å². The van der Waals surface area contributed by atoms with E-state index in [4.69, 9.17) is 0 Å². The lowest BCUT2D eigenvalue weighted by molar-refractivity contribution is 0.0302. The first-order valence-electron chi connectivity index (χ1n) is 33.1. The van der Waals surface area contributed by atoms with Crippen LogP contribution in [0.15, 0.2) is 0 Å². The first-order valence-corrected chi connectivity index (χ1v) is 33.1. The number of hydrogen-bond donors (Lipinski definition) is 0. The predicted octanol–water partition coefficient (Wildman–Crippen LogP) is 24.6. The monoisotopic (exact) mass is 1010 g/mol. The second-order valence-electron chi connectivity index (χ2n) is 32.2. The summed E-state index contributed by atoms with van der Waals surface area (Å²) >= 11 is 0. The summed E-state index contributed by atoms with van der Waals surface area (Å²) in [5.74, 6) is 20.8. The molecule has 9 aliphatic carbocycles. The molecule has 9 rings (SSSR count). The second-order valence-corrected chi connectivity index (χ2v) is 32.2. The molecule has 0 aromatic carbocycles. The highest BCUT2D eigenvalue weighted by Gasteiger charge is 2.38. The van der Waals surface area contributed by atoms with Gasteiger partial charge in [-0.3, -0.25) is 0 Å². The second kappa shape index (κ2) is 33.4. The molecule has 9 aliphatic rings. The molecule has 0 spiro atoms. The van der Waals surface area contributed by atoms with Crippen molar-refractivity contribution in [1.82, 2.24) is 0 Å². The highest BCUT2D eigenvalue weighted by atomic mass is 14.4. The van der Waals surface area contributed by atoms with E-state index in [-0.39, 0.29) is 0 Å². The zero-order valence-corrected chi connectivity index (χ0v) is 55.5. The van der Waals surface area contributed by atoms with E-state index in [2.05, 4.69) is 187 Å². The van der Waals surface area contributed by atoms with Gasteiger partial charge >= 0.3 is 0 Å². The lowest BCUT2D eigenvalue weighted by Crippen LogP contribution is -2.39. The summed E-state index contributed by atoms with van der Waals surface area (Å²) in [7, 11) is 0.